The van der Waals surface area contributed by atoms with E-state index in [4.69, 9.17) is 9.47 Å². The van der Waals surface area contributed by atoms with Crippen LogP contribution >= 0.6 is 0 Å². The Bertz CT molecular complexity index is 388. The molecule has 1 aromatic carbocycles. The molecule has 0 radical (unpaired) electrons. The summed E-state index contributed by atoms with van der Waals surface area (Å²) in [5, 5.41) is 3.40. The molecule has 0 atom stereocenters. The molecule has 1 aromatic rings. The average molecular weight is 263 g/mol. The first-order valence-corrected chi connectivity index (χ1v) is 6.81. The molecule has 1 N–H and O–H groups in total. The van der Waals surface area contributed by atoms with Crippen LogP contribution in [0.15, 0.2) is 30.9 Å². The van der Waals surface area contributed by atoms with E-state index in [0.29, 0.717) is 12.6 Å². The lowest BCUT2D eigenvalue weighted by atomic mass is 10.1. The van der Waals surface area contributed by atoms with Gasteiger partial charge in [0.1, 0.15) is 11.5 Å². The lowest BCUT2D eigenvalue weighted by Crippen LogP contribution is -2.22. The van der Waals surface area contributed by atoms with Gasteiger partial charge in [-0.1, -0.05) is 19.9 Å². The predicted molar refractivity (Wildman–Crippen MR) is 79.9 cm³/mol. The third kappa shape index (κ3) is 5.79. The van der Waals surface area contributed by atoms with Crippen molar-refractivity contribution in [2.75, 3.05) is 13.7 Å². The Hall–Kier alpha value is -1.48. The molecular weight excluding hydrogens is 238 g/mol. The molecule has 0 amide bonds. The van der Waals surface area contributed by atoms with Crippen LogP contribution in [0.3, 0.4) is 0 Å². The van der Waals surface area contributed by atoms with E-state index in [1.165, 1.54) is 0 Å². The van der Waals surface area contributed by atoms with E-state index in [1.54, 1.807) is 7.11 Å². The smallest absolute Gasteiger partial charge is 0.124 e. The number of benzene rings is 1. The average Bonchev–Trinajstić information content (AvgIpc) is 2.42. The predicted octanol–water partition coefficient (Wildman–Crippen LogP) is 3.54. The summed E-state index contributed by atoms with van der Waals surface area (Å²) < 4.78 is 11.1. The standard InChI is InChI=1S/C16H25NO2/c1-5-6-7-10-19-16-9-8-15(18-4)11-14(16)12-17-13(2)3/h5,8-9,11,13,17H,1,6-7,10,12H2,2-4H3. The first-order valence-electron chi connectivity index (χ1n) is 6.81. The van der Waals surface area contributed by atoms with Crippen LogP contribution in [0.25, 0.3) is 0 Å². The topological polar surface area (TPSA) is 30.5 Å². The van der Waals surface area contributed by atoms with Gasteiger partial charge in [-0.05, 0) is 31.0 Å². The summed E-state index contributed by atoms with van der Waals surface area (Å²) in [5.41, 5.74) is 1.13. The second-order valence-corrected chi connectivity index (χ2v) is 4.79. The number of unbranched alkanes of at least 4 members (excludes halogenated alkanes) is 1. The van der Waals surface area contributed by atoms with Crippen LogP contribution < -0.4 is 14.8 Å². The minimum absolute atomic E-state index is 0.444. The van der Waals surface area contributed by atoms with Crippen molar-refractivity contribution in [1.82, 2.24) is 5.32 Å². The van der Waals surface area contributed by atoms with Gasteiger partial charge in [0.2, 0.25) is 0 Å². The lowest BCUT2D eigenvalue weighted by Gasteiger charge is -2.14. The maximum atomic E-state index is 5.83. The number of nitrogens with one attached hydrogen (secondary N) is 1. The number of hydrogen-bond donors (Lipinski definition) is 1. The summed E-state index contributed by atoms with van der Waals surface area (Å²) in [5.74, 6) is 1.79. The van der Waals surface area contributed by atoms with Crippen LogP contribution in [0.4, 0.5) is 0 Å². The zero-order valence-electron chi connectivity index (χ0n) is 12.2. The quantitative estimate of drug-likeness (QED) is 0.546. The second-order valence-electron chi connectivity index (χ2n) is 4.79. The van der Waals surface area contributed by atoms with Crippen LogP contribution in [-0.2, 0) is 6.54 Å². The third-order valence-electron chi connectivity index (χ3n) is 2.78. The summed E-state index contributed by atoms with van der Waals surface area (Å²) in [7, 11) is 1.68. The van der Waals surface area contributed by atoms with Crippen molar-refractivity contribution < 1.29 is 9.47 Å². The Balaban J connectivity index is 2.67. The van der Waals surface area contributed by atoms with Crippen LogP contribution in [0.2, 0.25) is 0 Å². The zero-order valence-corrected chi connectivity index (χ0v) is 12.2. The molecule has 3 nitrogen and oxygen atoms in total. The number of hydrogen-bond acceptors (Lipinski definition) is 3. The van der Waals surface area contributed by atoms with E-state index in [-0.39, 0.29) is 0 Å². The Morgan fingerprint density at radius 1 is 1.37 bits per heavy atom. The Labute approximate surface area is 116 Å². The molecule has 19 heavy (non-hydrogen) atoms. The van der Waals surface area contributed by atoms with Crippen molar-refractivity contribution >= 4 is 0 Å². The lowest BCUT2D eigenvalue weighted by molar-refractivity contribution is 0.307. The van der Waals surface area contributed by atoms with E-state index >= 15 is 0 Å². The van der Waals surface area contributed by atoms with Crippen molar-refractivity contribution in [3.05, 3.63) is 36.4 Å². The fraction of sp³-hybridized carbons (Fsp3) is 0.500. The summed E-state index contributed by atoms with van der Waals surface area (Å²) >= 11 is 0. The van der Waals surface area contributed by atoms with Gasteiger partial charge in [0.05, 0.1) is 13.7 Å². The maximum Gasteiger partial charge on any atom is 0.124 e. The highest BCUT2D eigenvalue weighted by Gasteiger charge is 2.06. The minimum Gasteiger partial charge on any atom is -0.497 e. The third-order valence-corrected chi connectivity index (χ3v) is 2.78. The van der Waals surface area contributed by atoms with E-state index in [1.807, 2.05) is 24.3 Å². The molecule has 0 bridgehead atoms. The number of rotatable bonds is 9. The fourth-order valence-corrected chi connectivity index (χ4v) is 1.69. The monoisotopic (exact) mass is 263 g/mol. The van der Waals surface area contributed by atoms with Gasteiger partial charge in [-0.15, -0.1) is 6.58 Å². The minimum atomic E-state index is 0.444. The van der Waals surface area contributed by atoms with Gasteiger partial charge in [0, 0.05) is 18.2 Å². The molecule has 0 aliphatic carbocycles. The van der Waals surface area contributed by atoms with Gasteiger partial charge < -0.3 is 14.8 Å². The van der Waals surface area contributed by atoms with Gasteiger partial charge >= 0.3 is 0 Å². The highest BCUT2D eigenvalue weighted by molar-refractivity contribution is 5.40. The molecule has 0 aliphatic heterocycles. The van der Waals surface area contributed by atoms with Crippen molar-refractivity contribution in [1.29, 1.82) is 0 Å². The van der Waals surface area contributed by atoms with Crippen LogP contribution in [0.5, 0.6) is 11.5 Å². The molecule has 0 spiro atoms. The van der Waals surface area contributed by atoms with Gasteiger partial charge in [-0.3, -0.25) is 0 Å². The number of methoxy groups -OCH3 is 1. The highest BCUT2D eigenvalue weighted by atomic mass is 16.5. The van der Waals surface area contributed by atoms with Crippen LogP contribution in [0.1, 0.15) is 32.3 Å². The maximum absolute atomic E-state index is 5.83. The molecule has 0 aliphatic rings. The molecule has 0 fully saturated rings. The molecule has 0 aromatic heterocycles. The number of ether oxygens (including phenoxy) is 2. The van der Waals surface area contributed by atoms with E-state index in [9.17, 15) is 0 Å². The van der Waals surface area contributed by atoms with Crippen LogP contribution in [0, 0.1) is 0 Å². The van der Waals surface area contributed by atoms with Crippen molar-refractivity contribution in [3.8, 4) is 11.5 Å². The van der Waals surface area contributed by atoms with Crippen molar-refractivity contribution in [2.24, 2.45) is 0 Å². The summed E-state index contributed by atoms with van der Waals surface area (Å²) in [6, 6.07) is 6.38. The molecule has 0 saturated carbocycles. The first-order chi connectivity index (χ1) is 9.17. The van der Waals surface area contributed by atoms with E-state index in [0.717, 1.165) is 36.4 Å². The molecule has 106 valence electrons. The molecule has 0 heterocycles. The molecular formula is C16H25NO2. The SMILES string of the molecule is C=CCCCOc1ccc(OC)cc1CNC(C)C. The van der Waals surface area contributed by atoms with Crippen LogP contribution in [-0.4, -0.2) is 19.8 Å². The summed E-state index contributed by atoms with van der Waals surface area (Å²) in [4.78, 5) is 0. The van der Waals surface area contributed by atoms with Crippen molar-refractivity contribution in [2.45, 2.75) is 39.3 Å². The van der Waals surface area contributed by atoms with Gasteiger partial charge in [0.15, 0.2) is 0 Å². The molecule has 1 rings (SSSR count). The van der Waals surface area contributed by atoms with Gasteiger partial charge in [0.25, 0.3) is 0 Å². The summed E-state index contributed by atoms with van der Waals surface area (Å²) in [6.45, 7) is 9.47. The largest absolute Gasteiger partial charge is 0.497 e. The molecule has 0 saturated heterocycles. The summed E-state index contributed by atoms with van der Waals surface area (Å²) in [6.07, 6.45) is 3.89. The Kier molecular flexibility index (Phi) is 7.04. The van der Waals surface area contributed by atoms with E-state index in [2.05, 4.69) is 25.7 Å². The Morgan fingerprint density at radius 3 is 2.79 bits per heavy atom. The van der Waals surface area contributed by atoms with E-state index < -0.39 is 0 Å². The van der Waals surface area contributed by atoms with Gasteiger partial charge in [-0.25, -0.2) is 0 Å². The molecule has 3 heteroatoms. The van der Waals surface area contributed by atoms with Gasteiger partial charge in [-0.2, -0.15) is 0 Å². The second kappa shape index (κ2) is 8.59. The number of allylic oxidation sites excluding steroid dienone is 1. The highest BCUT2D eigenvalue weighted by Crippen LogP contribution is 2.24. The Morgan fingerprint density at radius 2 is 2.16 bits per heavy atom. The fourth-order valence-electron chi connectivity index (χ4n) is 1.69. The van der Waals surface area contributed by atoms with Crippen molar-refractivity contribution in [3.63, 3.8) is 0 Å². The first kappa shape index (κ1) is 15.6. The normalized spacial score (nSPS) is 10.5. The molecule has 0 unspecified atom stereocenters. The zero-order chi connectivity index (χ0) is 14.1.